The molecule has 9 nitrogen and oxygen atoms in total. The maximum absolute atomic E-state index is 12.8. The van der Waals surface area contributed by atoms with Crippen LogP contribution in [0.2, 0.25) is 5.02 Å². The van der Waals surface area contributed by atoms with Crippen molar-refractivity contribution in [3.8, 4) is 0 Å². The molecule has 1 aliphatic rings. The molecule has 3 aromatic rings. The summed E-state index contributed by atoms with van der Waals surface area (Å²) in [7, 11) is 2.03. The summed E-state index contributed by atoms with van der Waals surface area (Å²) in [5, 5.41) is 7.92. The van der Waals surface area contributed by atoms with Gasteiger partial charge in [-0.05, 0) is 25.2 Å². The topological polar surface area (TPSA) is 103 Å². The van der Waals surface area contributed by atoms with Crippen LogP contribution in [0, 0.1) is 0 Å². The van der Waals surface area contributed by atoms with E-state index in [0.29, 0.717) is 34.8 Å². The summed E-state index contributed by atoms with van der Waals surface area (Å²) in [5.74, 6) is -0.204. The van der Waals surface area contributed by atoms with Crippen LogP contribution in [0.1, 0.15) is 10.4 Å². The molecule has 0 spiro atoms. The molecule has 0 saturated carbocycles. The lowest BCUT2D eigenvalue weighted by atomic mass is 10.1. The molecule has 1 fully saturated rings. The molecule has 1 aliphatic heterocycles. The predicted molar refractivity (Wildman–Crippen MR) is 114 cm³/mol. The van der Waals surface area contributed by atoms with Crippen LogP contribution in [0.25, 0.3) is 10.9 Å². The van der Waals surface area contributed by atoms with Crippen molar-refractivity contribution in [3.05, 3.63) is 57.5 Å². The lowest BCUT2D eigenvalue weighted by Crippen LogP contribution is -2.48. The molecule has 0 bridgehead atoms. The fourth-order valence-corrected chi connectivity index (χ4v) is 3.58. The van der Waals surface area contributed by atoms with Gasteiger partial charge in [-0.3, -0.25) is 19.1 Å². The fourth-order valence-electron chi connectivity index (χ4n) is 3.41. The van der Waals surface area contributed by atoms with E-state index in [0.717, 1.165) is 13.1 Å². The van der Waals surface area contributed by atoms with Crippen LogP contribution < -0.4 is 10.9 Å². The highest BCUT2D eigenvalue weighted by Crippen LogP contribution is 2.21. The Morgan fingerprint density at radius 3 is 2.70 bits per heavy atom. The van der Waals surface area contributed by atoms with Gasteiger partial charge >= 0.3 is 0 Å². The first-order chi connectivity index (χ1) is 14.4. The van der Waals surface area contributed by atoms with E-state index in [4.69, 9.17) is 11.6 Å². The number of halogens is 1. The summed E-state index contributed by atoms with van der Waals surface area (Å²) in [6, 6.07) is 7.74. The van der Waals surface area contributed by atoms with Gasteiger partial charge in [0, 0.05) is 60.4 Å². The molecule has 0 radical (unpaired) electrons. The van der Waals surface area contributed by atoms with Crippen LogP contribution in [-0.4, -0.2) is 69.6 Å². The Hall–Kier alpha value is -3.17. The van der Waals surface area contributed by atoms with Crippen LogP contribution in [-0.2, 0) is 11.3 Å². The molecule has 0 unspecified atom stereocenters. The minimum atomic E-state index is -0.482. The third-order valence-corrected chi connectivity index (χ3v) is 5.32. The average molecular weight is 429 g/mol. The third-order valence-electron chi connectivity index (χ3n) is 5.09. The monoisotopic (exact) mass is 428 g/mol. The van der Waals surface area contributed by atoms with Gasteiger partial charge in [-0.2, -0.15) is 5.10 Å². The Balaban J connectivity index is 1.47. The van der Waals surface area contributed by atoms with Gasteiger partial charge in [-0.25, -0.2) is 0 Å². The van der Waals surface area contributed by atoms with E-state index in [9.17, 15) is 14.4 Å². The number of nitrogens with zero attached hydrogens (tertiary/aromatic N) is 4. The maximum atomic E-state index is 12.8. The number of H-pyrrole nitrogens is 1. The fraction of sp³-hybridized carbons (Fsp3) is 0.300. The summed E-state index contributed by atoms with van der Waals surface area (Å²) in [6.07, 6.45) is 1.64. The van der Waals surface area contributed by atoms with Crippen LogP contribution in [0.3, 0.4) is 0 Å². The second-order valence-electron chi connectivity index (χ2n) is 7.27. The number of anilines is 1. The first-order valence-electron chi connectivity index (χ1n) is 9.53. The maximum Gasteiger partial charge on any atom is 0.257 e. The number of amides is 2. The minimum Gasteiger partial charge on any atom is -0.339 e. The lowest BCUT2D eigenvalue weighted by Gasteiger charge is -2.32. The number of pyridine rings is 1. The molecule has 2 aromatic heterocycles. The number of rotatable bonds is 4. The standard InChI is InChI=1S/C20H21ClN6O3/c1-25-6-8-26(9-7-25)19(29)12-27-5-4-17(24-27)23-20(30)15-11-18(28)22-16-3-2-13(21)10-14(15)16/h2-5,10-11H,6-9,12H2,1H3,(H,22,28)(H,23,24,30). The smallest absolute Gasteiger partial charge is 0.257 e. The Kier molecular flexibility index (Phi) is 5.56. The molecule has 0 atom stereocenters. The summed E-state index contributed by atoms with van der Waals surface area (Å²) >= 11 is 6.04. The quantitative estimate of drug-likeness (QED) is 0.654. The van der Waals surface area contributed by atoms with Gasteiger partial charge in [0.2, 0.25) is 11.5 Å². The molecular weight excluding hydrogens is 408 g/mol. The molecule has 10 heteroatoms. The summed E-state index contributed by atoms with van der Waals surface area (Å²) in [5.41, 5.74) is 0.318. The second kappa shape index (κ2) is 8.29. The Morgan fingerprint density at radius 1 is 1.17 bits per heavy atom. The number of hydrogen-bond donors (Lipinski definition) is 2. The summed E-state index contributed by atoms with van der Waals surface area (Å²) in [4.78, 5) is 43.8. The van der Waals surface area contributed by atoms with E-state index in [-0.39, 0.29) is 18.0 Å². The molecule has 4 rings (SSSR count). The molecule has 0 aliphatic carbocycles. The number of benzene rings is 1. The van der Waals surface area contributed by atoms with Crippen molar-refractivity contribution >= 4 is 40.1 Å². The number of nitrogens with one attached hydrogen (secondary N) is 2. The van der Waals surface area contributed by atoms with Crippen molar-refractivity contribution in [3.63, 3.8) is 0 Å². The highest BCUT2D eigenvalue weighted by molar-refractivity contribution is 6.31. The van der Waals surface area contributed by atoms with Gasteiger partial charge in [0.1, 0.15) is 6.54 Å². The number of carbonyl (C=O) groups is 2. The number of aromatic nitrogens is 3. The molecule has 2 N–H and O–H groups in total. The molecule has 30 heavy (non-hydrogen) atoms. The van der Waals surface area contributed by atoms with Crippen LogP contribution in [0.15, 0.2) is 41.3 Å². The van der Waals surface area contributed by atoms with Gasteiger partial charge < -0.3 is 20.1 Å². The first-order valence-corrected chi connectivity index (χ1v) is 9.90. The molecule has 1 aromatic carbocycles. The lowest BCUT2D eigenvalue weighted by molar-refractivity contribution is -0.133. The van der Waals surface area contributed by atoms with E-state index in [1.807, 2.05) is 11.9 Å². The SMILES string of the molecule is CN1CCN(C(=O)Cn2ccc(NC(=O)c3cc(=O)[nH]c4ccc(Cl)cc34)n2)CC1. The predicted octanol–water partition coefficient (Wildman–Crippen LogP) is 1.40. The average Bonchev–Trinajstić information content (AvgIpc) is 3.14. The van der Waals surface area contributed by atoms with Crippen molar-refractivity contribution in [2.75, 3.05) is 38.5 Å². The number of aromatic amines is 1. The zero-order chi connectivity index (χ0) is 21.3. The van der Waals surface area contributed by atoms with Crippen molar-refractivity contribution in [2.24, 2.45) is 0 Å². The van der Waals surface area contributed by atoms with E-state index in [1.165, 1.54) is 10.7 Å². The zero-order valence-electron chi connectivity index (χ0n) is 16.4. The molecular formula is C20H21ClN6O3. The van der Waals surface area contributed by atoms with Crippen LogP contribution in [0.5, 0.6) is 0 Å². The van der Waals surface area contributed by atoms with Gasteiger partial charge in [0.05, 0.1) is 5.56 Å². The number of hydrogen-bond acceptors (Lipinski definition) is 5. The van der Waals surface area contributed by atoms with Gasteiger partial charge in [0.25, 0.3) is 5.91 Å². The summed E-state index contributed by atoms with van der Waals surface area (Å²) < 4.78 is 1.49. The second-order valence-corrected chi connectivity index (χ2v) is 7.71. The highest BCUT2D eigenvalue weighted by atomic mass is 35.5. The van der Waals surface area contributed by atoms with Crippen LogP contribution in [0.4, 0.5) is 5.82 Å². The number of fused-ring (bicyclic) bond motifs is 1. The highest BCUT2D eigenvalue weighted by Gasteiger charge is 2.20. The largest absolute Gasteiger partial charge is 0.339 e. The number of likely N-dealkylation sites (N-methyl/N-ethyl adjacent to an activating group) is 1. The first kappa shape index (κ1) is 20.1. The number of piperazine rings is 1. The summed E-state index contributed by atoms with van der Waals surface area (Å²) in [6.45, 7) is 3.18. The van der Waals surface area contributed by atoms with E-state index >= 15 is 0 Å². The van der Waals surface area contributed by atoms with Gasteiger partial charge in [0.15, 0.2) is 5.82 Å². The van der Waals surface area contributed by atoms with Crippen molar-refractivity contribution in [2.45, 2.75) is 6.54 Å². The van der Waals surface area contributed by atoms with Crippen molar-refractivity contribution in [1.82, 2.24) is 24.6 Å². The van der Waals surface area contributed by atoms with Crippen molar-refractivity contribution in [1.29, 1.82) is 0 Å². The third kappa shape index (κ3) is 4.37. The van der Waals surface area contributed by atoms with E-state index in [1.54, 1.807) is 30.5 Å². The normalized spacial score (nSPS) is 14.8. The Labute approximate surface area is 177 Å². The van der Waals surface area contributed by atoms with Crippen molar-refractivity contribution < 1.29 is 9.59 Å². The Morgan fingerprint density at radius 2 is 1.93 bits per heavy atom. The molecule has 3 heterocycles. The zero-order valence-corrected chi connectivity index (χ0v) is 17.1. The molecule has 2 amide bonds. The van der Waals surface area contributed by atoms with E-state index in [2.05, 4.69) is 20.3 Å². The van der Waals surface area contributed by atoms with Gasteiger partial charge in [-0.1, -0.05) is 11.6 Å². The van der Waals surface area contributed by atoms with E-state index < -0.39 is 11.5 Å². The van der Waals surface area contributed by atoms with Crippen LogP contribution >= 0.6 is 11.6 Å². The number of carbonyl (C=O) groups excluding carboxylic acids is 2. The Bertz CT molecular complexity index is 1160. The molecule has 156 valence electrons. The minimum absolute atomic E-state index is 0.0145. The molecule has 1 saturated heterocycles. The van der Waals surface area contributed by atoms with Gasteiger partial charge in [-0.15, -0.1) is 0 Å².